The summed E-state index contributed by atoms with van der Waals surface area (Å²) >= 11 is 0. The Bertz CT molecular complexity index is 684. The third kappa shape index (κ3) is 6.22. The van der Waals surface area contributed by atoms with Crippen LogP contribution < -0.4 is 4.74 Å². The molecule has 1 saturated carbocycles. The van der Waals surface area contributed by atoms with E-state index in [-0.39, 0.29) is 5.97 Å². The van der Waals surface area contributed by atoms with Gasteiger partial charge in [0.1, 0.15) is 5.75 Å². The number of unbranched alkanes of at least 4 members (excludes halogenated alkanes) is 5. The summed E-state index contributed by atoms with van der Waals surface area (Å²) in [5, 5.41) is 0. The Morgan fingerprint density at radius 3 is 2.50 bits per heavy atom. The molecule has 1 aromatic rings. The maximum Gasteiger partial charge on any atom is 0.363 e. The molecular formula is C24H33NO3. The van der Waals surface area contributed by atoms with E-state index < -0.39 is 0 Å². The number of aliphatic imine (C=N–C) groups is 1. The number of esters is 1. The zero-order valence-corrected chi connectivity index (χ0v) is 17.1. The standard InChI is InChI=1S/C24H33NO3/c1-2-3-4-5-6-10-17-27-21-15-13-19(14-16-21)18-22-24(26)28-23(25-22)20-11-8-7-9-12-20/h13-16,18,20H,2-12,17H2,1H3/b22-18-. The highest BCUT2D eigenvalue weighted by atomic mass is 16.6. The molecule has 0 N–H and O–H groups in total. The maximum absolute atomic E-state index is 12.1. The lowest BCUT2D eigenvalue weighted by atomic mass is 9.89. The Balaban J connectivity index is 1.48. The van der Waals surface area contributed by atoms with Crippen LogP contribution in [0.4, 0.5) is 0 Å². The molecule has 0 bridgehead atoms. The minimum atomic E-state index is -0.330. The zero-order valence-electron chi connectivity index (χ0n) is 17.1. The van der Waals surface area contributed by atoms with Crippen LogP contribution in [0.2, 0.25) is 0 Å². The molecule has 28 heavy (non-hydrogen) atoms. The first-order valence-corrected chi connectivity index (χ1v) is 11.0. The first-order chi connectivity index (χ1) is 13.8. The molecule has 1 aromatic carbocycles. The van der Waals surface area contributed by atoms with Crippen molar-refractivity contribution < 1.29 is 14.3 Å². The molecule has 0 radical (unpaired) electrons. The normalized spacial score (nSPS) is 19.0. The molecular weight excluding hydrogens is 350 g/mol. The second-order valence-corrected chi connectivity index (χ2v) is 7.89. The SMILES string of the molecule is CCCCCCCCOc1ccc(/C=C2\N=C(C3CCCCC3)OC2=O)cc1. The minimum Gasteiger partial charge on any atom is -0.494 e. The molecule has 0 amide bonds. The smallest absolute Gasteiger partial charge is 0.363 e. The number of cyclic esters (lactones) is 1. The predicted molar refractivity (Wildman–Crippen MR) is 113 cm³/mol. The van der Waals surface area contributed by atoms with Crippen molar-refractivity contribution in [3.8, 4) is 5.75 Å². The Hall–Kier alpha value is -2.10. The van der Waals surface area contributed by atoms with Crippen LogP contribution in [0, 0.1) is 5.92 Å². The van der Waals surface area contributed by atoms with Gasteiger partial charge in [-0.25, -0.2) is 9.79 Å². The highest BCUT2D eigenvalue weighted by molar-refractivity contribution is 6.07. The number of ether oxygens (including phenoxy) is 2. The highest BCUT2D eigenvalue weighted by Gasteiger charge is 2.30. The quantitative estimate of drug-likeness (QED) is 0.270. The van der Waals surface area contributed by atoms with Crippen molar-refractivity contribution in [2.75, 3.05) is 6.61 Å². The van der Waals surface area contributed by atoms with Crippen LogP contribution in [0.25, 0.3) is 6.08 Å². The van der Waals surface area contributed by atoms with Crippen molar-refractivity contribution in [1.29, 1.82) is 0 Å². The van der Waals surface area contributed by atoms with Crippen molar-refractivity contribution >= 4 is 17.9 Å². The van der Waals surface area contributed by atoms with Gasteiger partial charge in [0.05, 0.1) is 6.61 Å². The summed E-state index contributed by atoms with van der Waals surface area (Å²) in [6, 6.07) is 7.83. The fraction of sp³-hybridized carbons (Fsp3) is 0.583. The van der Waals surface area contributed by atoms with Gasteiger partial charge in [-0.3, -0.25) is 0 Å². The number of nitrogens with zero attached hydrogens (tertiary/aromatic N) is 1. The van der Waals surface area contributed by atoms with Gasteiger partial charge in [0.2, 0.25) is 5.90 Å². The van der Waals surface area contributed by atoms with Crippen LogP contribution in [0.3, 0.4) is 0 Å². The van der Waals surface area contributed by atoms with Gasteiger partial charge in [0, 0.05) is 5.92 Å². The molecule has 1 aliphatic carbocycles. The van der Waals surface area contributed by atoms with Crippen molar-refractivity contribution in [3.63, 3.8) is 0 Å². The average Bonchev–Trinajstić information content (AvgIpc) is 3.09. The Morgan fingerprint density at radius 1 is 1.04 bits per heavy atom. The lowest BCUT2D eigenvalue weighted by Crippen LogP contribution is -2.19. The Morgan fingerprint density at radius 2 is 1.75 bits per heavy atom. The summed E-state index contributed by atoms with van der Waals surface area (Å²) < 4.78 is 11.2. The van der Waals surface area contributed by atoms with E-state index in [1.165, 1.54) is 51.4 Å². The molecule has 0 atom stereocenters. The number of carbonyl (C=O) groups is 1. The Kier molecular flexibility index (Phi) is 8.13. The third-order valence-electron chi connectivity index (χ3n) is 5.54. The lowest BCUT2D eigenvalue weighted by molar-refractivity contribution is -0.130. The largest absolute Gasteiger partial charge is 0.494 e. The topological polar surface area (TPSA) is 47.9 Å². The van der Waals surface area contributed by atoms with Crippen LogP contribution in [-0.2, 0) is 9.53 Å². The minimum absolute atomic E-state index is 0.307. The second-order valence-electron chi connectivity index (χ2n) is 7.89. The van der Waals surface area contributed by atoms with E-state index in [1.54, 1.807) is 6.08 Å². The van der Waals surface area contributed by atoms with E-state index in [1.807, 2.05) is 24.3 Å². The van der Waals surface area contributed by atoms with Gasteiger partial charge in [-0.1, -0.05) is 70.4 Å². The first-order valence-electron chi connectivity index (χ1n) is 11.0. The van der Waals surface area contributed by atoms with Gasteiger partial charge in [0.25, 0.3) is 0 Å². The third-order valence-corrected chi connectivity index (χ3v) is 5.54. The average molecular weight is 384 g/mol. The summed E-state index contributed by atoms with van der Waals surface area (Å²) in [6.07, 6.45) is 15.2. The summed E-state index contributed by atoms with van der Waals surface area (Å²) in [5.41, 5.74) is 1.34. The number of rotatable bonds is 10. The van der Waals surface area contributed by atoms with Crippen molar-refractivity contribution in [2.24, 2.45) is 10.9 Å². The van der Waals surface area contributed by atoms with E-state index >= 15 is 0 Å². The van der Waals surface area contributed by atoms with Gasteiger partial charge in [-0.2, -0.15) is 0 Å². The van der Waals surface area contributed by atoms with E-state index in [0.717, 1.165) is 37.2 Å². The van der Waals surface area contributed by atoms with Crippen LogP contribution in [0.1, 0.15) is 83.1 Å². The zero-order chi connectivity index (χ0) is 19.6. The fourth-order valence-corrected chi connectivity index (χ4v) is 3.84. The predicted octanol–water partition coefficient (Wildman–Crippen LogP) is 6.30. The monoisotopic (exact) mass is 383 g/mol. The lowest BCUT2D eigenvalue weighted by Gasteiger charge is -2.19. The second kappa shape index (κ2) is 11.0. The number of hydrogen-bond donors (Lipinski definition) is 0. The molecule has 0 aromatic heterocycles. The van der Waals surface area contributed by atoms with Crippen molar-refractivity contribution in [3.05, 3.63) is 35.5 Å². The van der Waals surface area contributed by atoms with Gasteiger partial charge in [-0.05, 0) is 43.0 Å². The first kappa shape index (κ1) is 20.6. The number of hydrogen-bond acceptors (Lipinski definition) is 4. The fourth-order valence-electron chi connectivity index (χ4n) is 3.84. The summed E-state index contributed by atoms with van der Waals surface area (Å²) in [4.78, 5) is 16.6. The summed E-state index contributed by atoms with van der Waals surface area (Å²) in [6.45, 7) is 2.99. The van der Waals surface area contributed by atoms with E-state index in [4.69, 9.17) is 9.47 Å². The Labute approximate surface area is 169 Å². The van der Waals surface area contributed by atoms with Crippen LogP contribution in [-0.4, -0.2) is 18.5 Å². The van der Waals surface area contributed by atoms with Gasteiger partial charge < -0.3 is 9.47 Å². The molecule has 1 fully saturated rings. The molecule has 2 aliphatic rings. The van der Waals surface area contributed by atoms with Crippen LogP contribution in [0.5, 0.6) is 5.75 Å². The van der Waals surface area contributed by atoms with Crippen LogP contribution >= 0.6 is 0 Å². The number of benzene rings is 1. The maximum atomic E-state index is 12.1. The van der Waals surface area contributed by atoms with Crippen LogP contribution in [0.15, 0.2) is 35.0 Å². The summed E-state index contributed by atoms with van der Waals surface area (Å²) in [5.74, 6) is 1.47. The van der Waals surface area contributed by atoms with Gasteiger partial charge in [0.15, 0.2) is 5.70 Å². The molecule has 0 saturated heterocycles. The molecule has 152 valence electrons. The highest BCUT2D eigenvalue weighted by Crippen LogP contribution is 2.29. The van der Waals surface area contributed by atoms with Gasteiger partial charge in [-0.15, -0.1) is 0 Å². The van der Waals surface area contributed by atoms with Crippen molar-refractivity contribution in [1.82, 2.24) is 0 Å². The van der Waals surface area contributed by atoms with Gasteiger partial charge >= 0.3 is 5.97 Å². The molecule has 0 spiro atoms. The molecule has 4 nitrogen and oxygen atoms in total. The molecule has 1 heterocycles. The summed E-state index contributed by atoms with van der Waals surface area (Å²) in [7, 11) is 0. The molecule has 4 heteroatoms. The molecule has 0 unspecified atom stereocenters. The van der Waals surface area contributed by atoms with Crippen molar-refractivity contribution in [2.45, 2.75) is 77.6 Å². The molecule has 1 aliphatic heterocycles. The number of carbonyl (C=O) groups excluding carboxylic acids is 1. The van der Waals surface area contributed by atoms with E-state index in [9.17, 15) is 4.79 Å². The van der Waals surface area contributed by atoms with E-state index in [2.05, 4.69) is 11.9 Å². The molecule has 3 rings (SSSR count). The van der Waals surface area contributed by atoms with E-state index in [0.29, 0.717) is 17.5 Å².